The van der Waals surface area contributed by atoms with Crippen LogP contribution in [0.1, 0.15) is 44.0 Å². The zero-order valence-corrected chi connectivity index (χ0v) is 12.1. The molecule has 0 radical (unpaired) electrons. The first-order chi connectivity index (χ1) is 8.93. The monoisotopic (exact) mass is 265 g/mol. The lowest BCUT2D eigenvalue weighted by Gasteiger charge is -2.18. The van der Waals surface area contributed by atoms with Gasteiger partial charge in [0, 0.05) is 12.1 Å². The van der Waals surface area contributed by atoms with Gasteiger partial charge >= 0.3 is 5.97 Å². The van der Waals surface area contributed by atoms with Gasteiger partial charge in [-0.3, -0.25) is 0 Å². The first-order valence-corrected chi connectivity index (χ1v) is 6.62. The number of methoxy groups -OCH3 is 1. The van der Waals surface area contributed by atoms with Gasteiger partial charge in [0.1, 0.15) is 5.75 Å². The van der Waals surface area contributed by atoms with Crippen molar-refractivity contribution in [2.24, 2.45) is 5.92 Å². The molecule has 0 aliphatic heterocycles. The zero-order chi connectivity index (χ0) is 14.4. The lowest BCUT2D eigenvalue weighted by atomic mass is 10.0. The van der Waals surface area contributed by atoms with Gasteiger partial charge in [0.15, 0.2) is 0 Å². The van der Waals surface area contributed by atoms with Crippen LogP contribution in [0.25, 0.3) is 0 Å². The van der Waals surface area contributed by atoms with Gasteiger partial charge in [-0.1, -0.05) is 13.8 Å². The van der Waals surface area contributed by atoms with Crippen LogP contribution in [0.3, 0.4) is 0 Å². The quantitative estimate of drug-likeness (QED) is 0.790. The van der Waals surface area contributed by atoms with E-state index in [4.69, 9.17) is 4.74 Å². The molecule has 1 aromatic carbocycles. The van der Waals surface area contributed by atoms with Crippen molar-refractivity contribution in [2.45, 2.75) is 39.7 Å². The molecule has 106 valence electrons. The summed E-state index contributed by atoms with van der Waals surface area (Å²) in [4.78, 5) is 11.2. The van der Waals surface area contributed by atoms with Crippen molar-refractivity contribution in [3.63, 3.8) is 0 Å². The normalized spacial score (nSPS) is 12.3. The summed E-state index contributed by atoms with van der Waals surface area (Å²) in [5.74, 6) is 0.373. The summed E-state index contributed by atoms with van der Waals surface area (Å²) in [6, 6.07) is 5.19. The summed E-state index contributed by atoms with van der Waals surface area (Å²) >= 11 is 0. The third kappa shape index (κ3) is 4.81. The average Bonchev–Trinajstić information content (AvgIpc) is 2.35. The first-order valence-electron chi connectivity index (χ1n) is 6.62. The molecule has 1 rings (SSSR count). The van der Waals surface area contributed by atoms with Crippen LogP contribution in [0, 0.1) is 5.92 Å². The number of aromatic carboxylic acids is 1. The number of carboxylic acid groups (broad SMARTS) is 1. The number of hydrogen-bond acceptors (Lipinski definition) is 3. The van der Waals surface area contributed by atoms with E-state index in [1.54, 1.807) is 25.3 Å². The highest BCUT2D eigenvalue weighted by Gasteiger charge is 2.13. The van der Waals surface area contributed by atoms with Crippen molar-refractivity contribution in [1.29, 1.82) is 0 Å². The molecule has 2 N–H and O–H groups in total. The van der Waals surface area contributed by atoms with Crippen LogP contribution in [0.5, 0.6) is 5.75 Å². The number of nitrogens with one attached hydrogen (secondary N) is 1. The van der Waals surface area contributed by atoms with Gasteiger partial charge in [0.05, 0.1) is 18.4 Å². The molecule has 0 bridgehead atoms. The number of ether oxygens (including phenoxy) is 1. The predicted octanol–water partition coefficient (Wildman–Crippen LogP) is 3.63. The van der Waals surface area contributed by atoms with Crippen LogP contribution >= 0.6 is 0 Å². The summed E-state index contributed by atoms with van der Waals surface area (Å²) in [5.41, 5.74) is 0.889. The van der Waals surface area contributed by atoms with Crippen LogP contribution in [-0.2, 0) is 0 Å². The highest BCUT2D eigenvalue weighted by atomic mass is 16.5. The van der Waals surface area contributed by atoms with E-state index in [-0.39, 0.29) is 11.6 Å². The molecule has 0 saturated carbocycles. The minimum absolute atomic E-state index is 0.229. The van der Waals surface area contributed by atoms with Crippen molar-refractivity contribution in [3.05, 3.63) is 23.8 Å². The summed E-state index contributed by atoms with van der Waals surface area (Å²) in [7, 11) is 1.57. The van der Waals surface area contributed by atoms with Crippen LogP contribution in [0.2, 0.25) is 0 Å². The molecule has 1 aromatic rings. The van der Waals surface area contributed by atoms with Gasteiger partial charge in [0.2, 0.25) is 0 Å². The maximum atomic E-state index is 11.2. The molecule has 0 aliphatic carbocycles. The maximum Gasteiger partial charge on any atom is 0.337 e. The van der Waals surface area contributed by atoms with Gasteiger partial charge in [-0.25, -0.2) is 4.79 Å². The molecule has 0 saturated heterocycles. The van der Waals surface area contributed by atoms with E-state index >= 15 is 0 Å². The SMILES string of the molecule is COc1ccc(C(=O)O)c(NC(C)CCC(C)C)c1. The Hall–Kier alpha value is -1.71. The second-order valence-electron chi connectivity index (χ2n) is 5.23. The molecule has 1 atom stereocenters. The largest absolute Gasteiger partial charge is 0.497 e. The fraction of sp³-hybridized carbons (Fsp3) is 0.533. The Bertz CT molecular complexity index is 429. The molecule has 1 unspecified atom stereocenters. The van der Waals surface area contributed by atoms with E-state index in [1.165, 1.54) is 0 Å². The van der Waals surface area contributed by atoms with Crippen molar-refractivity contribution in [3.8, 4) is 5.75 Å². The molecular formula is C15H23NO3. The number of hydrogen-bond donors (Lipinski definition) is 2. The summed E-state index contributed by atoms with van der Waals surface area (Å²) in [6.07, 6.45) is 2.12. The van der Waals surface area contributed by atoms with E-state index in [9.17, 15) is 9.90 Å². The van der Waals surface area contributed by atoms with Gasteiger partial charge in [-0.05, 0) is 37.8 Å². The van der Waals surface area contributed by atoms with Gasteiger partial charge in [0.25, 0.3) is 0 Å². The Labute approximate surface area is 114 Å². The number of carbonyl (C=O) groups is 1. The second-order valence-corrected chi connectivity index (χ2v) is 5.23. The van der Waals surface area contributed by atoms with Crippen LogP contribution in [0.15, 0.2) is 18.2 Å². The second kappa shape index (κ2) is 7.02. The molecule has 0 aliphatic rings. The summed E-state index contributed by atoms with van der Waals surface area (Å²) in [5, 5.41) is 12.4. The maximum absolute atomic E-state index is 11.2. The van der Waals surface area contributed by atoms with E-state index < -0.39 is 5.97 Å². The fourth-order valence-electron chi connectivity index (χ4n) is 1.88. The number of rotatable bonds is 7. The predicted molar refractivity (Wildman–Crippen MR) is 77.1 cm³/mol. The summed E-state index contributed by atoms with van der Waals surface area (Å²) < 4.78 is 5.14. The molecule has 19 heavy (non-hydrogen) atoms. The minimum Gasteiger partial charge on any atom is -0.497 e. The Morgan fingerprint density at radius 1 is 1.32 bits per heavy atom. The topological polar surface area (TPSA) is 58.6 Å². The van der Waals surface area contributed by atoms with Crippen LogP contribution in [-0.4, -0.2) is 24.2 Å². The van der Waals surface area contributed by atoms with Crippen LogP contribution < -0.4 is 10.1 Å². The van der Waals surface area contributed by atoms with Gasteiger partial charge < -0.3 is 15.2 Å². The molecule has 0 aromatic heterocycles. The molecular weight excluding hydrogens is 242 g/mol. The smallest absolute Gasteiger partial charge is 0.337 e. The Kier molecular flexibility index (Phi) is 5.67. The zero-order valence-electron chi connectivity index (χ0n) is 12.1. The minimum atomic E-state index is -0.929. The Balaban J connectivity index is 2.82. The van der Waals surface area contributed by atoms with Crippen molar-refractivity contribution >= 4 is 11.7 Å². The van der Waals surface area contributed by atoms with Gasteiger partial charge in [-0.2, -0.15) is 0 Å². The highest BCUT2D eigenvalue weighted by Crippen LogP contribution is 2.24. The Morgan fingerprint density at radius 3 is 2.53 bits per heavy atom. The Morgan fingerprint density at radius 2 is 2.00 bits per heavy atom. The van der Waals surface area contributed by atoms with E-state index in [0.29, 0.717) is 17.4 Å². The first kappa shape index (κ1) is 15.3. The van der Waals surface area contributed by atoms with E-state index in [2.05, 4.69) is 26.1 Å². The highest BCUT2D eigenvalue weighted by molar-refractivity contribution is 5.94. The number of benzene rings is 1. The van der Waals surface area contributed by atoms with E-state index in [1.807, 2.05) is 0 Å². The lowest BCUT2D eigenvalue weighted by molar-refractivity contribution is 0.0698. The molecule has 0 fully saturated rings. The third-order valence-electron chi connectivity index (χ3n) is 3.04. The fourth-order valence-corrected chi connectivity index (χ4v) is 1.88. The van der Waals surface area contributed by atoms with E-state index in [0.717, 1.165) is 12.8 Å². The number of carboxylic acids is 1. The molecule has 4 heteroatoms. The molecule has 0 spiro atoms. The van der Waals surface area contributed by atoms with Crippen molar-refractivity contribution in [2.75, 3.05) is 12.4 Å². The standard InChI is InChI=1S/C15H23NO3/c1-10(2)5-6-11(3)16-14-9-12(19-4)7-8-13(14)15(17)18/h7-11,16H,5-6H2,1-4H3,(H,17,18). The van der Waals surface area contributed by atoms with Crippen LogP contribution in [0.4, 0.5) is 5.69 Å². The van der Waals surface area contributed by atoms with Crippen molar-refractivity contribution < 1.29 is 14.6 Å². The average molecular weight is 265 g/mol. The third-order valence-corrected chi connectivity index (χ3v) is 3.04. The molecule has 0 amide bonds. The molecule has 0 heterocycles. The molecule has 4 nitrogen and oxygen atoms in total. The summed E-state index contributed by atoms with van der Waals surface area (Å²) in [6.45, 7) is 6.43. The lowest BCUT2D eigenvalue weighted by Crippen LogP contribution is -2.18. The number of anilines is 1. The van der Waals surface area contributed by atoms with Gasteiger partial charge in [-0.15, -0.1) is 0 Å². The van der Waals surface area contributed by atoms with Crippen molar-refractivity contribution in [1.82, 2.24) is 0 Å².